The standard InChI is InChI=1S/C18H15N/c1-15(14-19)12-13-18(16-8-4-2-5-9-16)17-10-6-3-7-11-17/h2-13H,1H3/b15-12-. The highest BCUT2D eigenvalue weighted by molar-refractivity contribution is 5.80. The number of benzene rings is 2. The molecule has 2 aromatic carbocycles. The quantitative estimate of drug-likeness (QED) is 0.573. The van der Waals surface area contributed by atoms with Crippen LogP contribution in [0, 0.1) is 11.3 Å². The summed E-state index contributed by atoms with van der Waals surface area (Å²) < 4.78 is 0. The van der Waals surface area contributed by atoms with Crippen LogP contribution in [0.25, 0.3) is 5.57 Å². The molecule has 0 amide bonds. The average molecular weight is 245 g/mol. The zero-order valence-electron chi connectivity index (χ0n) is 10.9. The molecule has 0 saturated heterocycles. The number of hydrogen-bond acceptors (Lipinski definition) is 1. The first-order valence-electron chi connectivity index (χ1n) is 6.21. The molecule has 0 radical (unpaired) electrons. The fourth-order valence-electron chi connectivity index (χ4n) is 1.84. The Morgan fingerprint density at radius 3 is 1.74 bits per heavy atom. The summed E-state index contributed by atoms with van der Waals surface area (Å²) in [5, 5.41) is 8.84. The molecule has 0 atom stereocenters. The first kappa shape index (κ1) is 12.9. The summed E-state index contributed by atoms with van der Waals surface area (Å²) in [7, 11) is 0. The van der Waals surface area contributed by atoms with Crippen LogP contribution in [0.15, 0.2) is 78.4 Å². The molecule has 2 rings (SSSR count). The topological polar surface area (TPSA) is 23.8 Å². The predicted octanol–water partition coefficient (Wildman–Crippen LogP) is 4.59. The molecule has 0 aromatic heterocycles. The van der Waals surface area contributed by atoms with Crippen molar-refractivity contribution < 1.29 is 0 Å². The van der Waals surface area contributed by atoms with Crippen LogP contribution in [0.3, 0.4) is 0 Å². The largest absolute Gasteiger partial charge is 0.193 e. The molecule has 0 aliphatic heterocycles. The van der Waals surface area contributed by atoms with E-state index in [4.69, 9.17) is 5.26 Å². The Morgan fingerprint density at radius 2 is 1.32 bits per heavy atom. The van der Waals surface area contributed by atoms with Crippen molar-refractivity contribution in [2.24, 2.45) is 0 Å². The van der Waals surface area contributed by atoms with Gasteiger partial charge in [-0.05, 0) is 29.7 Å². The summed E-state index contributed by atoms with van der Waals surface area (Å²) in [6.45, 7) is 1.81. The maximum absolute atomic E-state index is 8.84. The van der Waals surface area contributed by atoms with Crippen LogP contribution in [0.2, 0.25) is 0 Å². The second-order valence-electron chi connectivity index (χ2n) is 4.27. The van der Waals surface area contributed by atoms with Gasteiger partial charge in [0.05, 0.1) is 6.07 Å². The van der Waals surface area contributed by atoms with Gasteiger partial charge in [-0.25, -0.2) is 0 Å². The molecule has 0 fully saturated rings. The van der Waals surface area contributed by atoms with Gasteiger partial charge in [-0.15, -0.1) is 0 Å². The van der Waals surface area contributed by atoms with E-state index in [9.17, 15) is 0 Å². The summed E-state index contributed by atoms with van der Waals surface area (Å²) >= 11 is 0. The molecule has 0 heterocycles. The van der Waals surface area contributed by atoms with Crippen LogP contribution in [0.5, 0.6) is 0 Å². The van der Waals surface area contributed by atoms with E-state index in [1.165, 1.54) is 0 Å². The molecule has 19 heavy (non-hydrogen) atoms. The highest BCUT2D eigenvalue weighted by Crippen LogP contribution is 2.23. The molecule has 0 bridgehead atoms. The van der Waals surface area contributed by atoms with Crippen molar-refractivity contribution in [2.75, 3.05) is 0 Å². The molecular formula is C18H15N. The third-order valence-electron chi connectivity index (χ3n) is 2.85. The van der Waals surface area contributed by atoms with Crippen molar-refractivity contribution in [3.05, 3.63) is 89.5 Å². The molecule has 0 saturated carbocycles. The van der Waals surface area contributed by atoms with Gasteiger partial charge in [0.2, 0.25) is 0 Å². The van der Waals surface area contributed by atoms with E-state index in [-0.39, 0.29) is 0 Å². The Balaban J connectivity index is 2.50. The fourth-order valence-corrected chi connectivity index (χ4v) is 1.84. The molecule has 2 aromatic rings. The van der Waals surface area contributed by atoms with E-state index in [2.05, 4.69) is 30.3 Å². The lowest BCUT2D eigenvalue weighted by atomic mass is 9.97. The van der Waals surface area contributed by atoms with Gasteiger partial charge >= 0.3 is 0 Å². The summed E-state index contributed by atoms with van der Waals surface area (Å²) in [6.07, 6.45) is 3.86. The third kappa shape index (κ3) is 3.43. The van der Waals surface area contributed by atoms with Crippen molar-refractivity contribution >= 4 is 5.57 Å². The van der Waals surface area contributed by atoms with Crippen LogP contribution in [0.1, 0.15) is 18.1 Å². The minimum Gasteiger partial charge on any atom is -0.193 e. The van der Waals surface area contributed by atoms with Crippen LogP contribution >= 0.6 is 0 Å². The van der Waals surface area contributed by atoms with E-state index in [1.807, 2.05) is 55.5 Å². The highest BCUT2D eigenvalue weighted by atomic mass is 14.2. The molecule has 1 heteroatoms. The summed E-state index contributed by atoms with van der Waals surface area (Å²) in [5.74, 6) is 0. The number of nitrogens with zero attached hydrogens (tertiary/aromatic N) is 1. The SMILES string of the molecule is C/C(C#N)=C/C=C(c1ccccc1)c1ccccc1. The predicted molar refractivity (Wildman–Crippen MR) is 79.3 cm³/mol. The van der Waals surface area contributed by atoms with Crippen LogP contribution < -0.4 is 0 Å². The summed E-state index contributed by atoms with van der Waals surface area (Å²) in [4.78, 5) is 0. The van der Waals surface area contributed by atoms with E-state index in [0.29, 0.717) is 5.57 Å². The molecule has 1 nitrogen and oxygen atoms in total. The minimum atomic E-state index is 0.698. The Labute approximate surface area is 114 Å². The lowest BCUT2D eigenvalue weighted by Gasteiger charge is -2.07. The zero-order chi connectivity index (χ0) is 13.5. The second kappa shape index (κ2) is 6.37. The smallest absolute Gasteiger partial charge is 0.0944 e. The van der Waals surface area contributed by atoms with Crippen LogP contribution in [-0.2, 0) is 0 Å². The van der Waals surface area contributed by atoms with Crippen molar-refractivity contribution in [2.45, 2.75) is 6.92 Å². The van der Waals surface area contributed by atoms with Gasteiger partial charge in [0.1, 0.15) is 0 Å². The molecule has 0 spiro atoms. The first-order valence-corrected chi connectivity index (χ1v) is 6.21. The van der Waals surface area contributed by atoms with Gasteiger partial charge in [0.15, 0.2) is 0 Å². The van der Waals surface area contributed by atoms with Crippen molar-refractivity contribution in [1.82, 2.24) is 0 Å². The maximum Gasteiger partial charge on any atom is 0.0944 e. The van der Waals surface area contributed by atoms with Gasteiger partial charge < -0.3 is 0 Å². The van der Waals surface area contributed by atoms with E-state index in [0.717, 1.165) is 16.7 Å². The number of nitriles is 1. The normalized spacial score (nSPS) is 10.6. The molecule has 92 valence electrons. The van der Waals surface area contributed by atoms with Crippen molar-refractivity contribution in [3.8, 4) is 6.07 Å². The van der Waals surface area contributed by atoms with E-state index < -0.39 is 0 Å². The van der Waals surface area contributed by atoms with Crippen molar-refractivity contribution in [1.29, 1.82) is 5.26 Å². The average Bonchev–Trinajstić information content (AvgIpc) is 2.49. The van der Waals surface area contributed by atoms with E-state index in [1.54, 1.807) is 0 Å². The molecule has 0 aliphatic rings. The van der Waals surface area contributed by atoms with Gasteiger partial charge in [-0.2, -0.15) is 5.26 Å². The Hall–Kier alpha value is -2.59. The zero-order valence-corrected chi connectivity index (χ0v) is 10.9. The third-order valence-corrected chi connectivity index (χ3v) is 2.85. The van der Waals surface area contributed by atoms with Gasteiger partial charge in [-0.3, -0.25) is 0 Å². The molecular weight excluding hydrogens is 230 g/mol. The van der Waals surface area contributed by atoms with Gasteiger partial charge in [0.25, 0.3) is 0 Å². The Morgan fingerprint density at radius 1 is 0.842 bits per heavy atom. The number of allylic oxidation sites excluding steroid dienone is 3. The monoisotopic (exact) mass is 245 g/mol. The first-order chi connectivity index (χ1) is 9.31. The highest BCUT2D eigenvalue weighted by Gasteiger charge is 2.02. The van der Waals surface area contributed by atoms with Crippen LogP contribution in [-0.4, -0.2) is 0 Å². The van der Waals surface area contributed by atoms with Gasteiger partial charge in [-0.1, -0.05) is 66.7 Å². The molecule has 0 N–H and O–H groups in total. The van der Waals surface area contributed by atoms with Crippen LogP contribution in [0.4, 0.5) is 0 Å². The summed E-state index contributed by atoms with van der Waals surface area (Å²) in [6, 6.07) is 22.5. The Bertz CT molecular complexity index is 587. The summed E-state index contributed by atoms with van der Waals surface area (Å²) in [5.41, 5.74) is 4.12. The second-order valence-corrected chi connectivity index (χ2v) is 4.27. The number of hydrogen-bond donors (Lipinski definition) is 0. The number of rotatable bonds is 3. The molecule has 0 unspecified atom stereocenters. The van der Waals surface area contributed by atoms with Gasteiger partial charge in [0, 0.05) is 5.57 Å². The fraction of sp³-hybridized carbons (Fsp3) is 0.0556. The van der Waals surface area contributed by atoms with Crippen molar-refractivity contribution in [3.63, 3.8) is 0 Å². The maximum atomic E-state index is 8.84. The van der Waals surface area contributed by atoms with E-state index >= 15 is 0 Å². The Kier molecular flexibility index (Phi) is 4.31. The lowest BCUT2D eigenvalue weighted by molar-refractivity contribution is 1.44. The lowest BCUT2D eigenvalue weighted by Crippen LogP contribution is -1.87. The minimum absolute atomic E-state index is 0.698. The molecule has 0 aliphatic carbocycles.